The molecule has 214 valence electrons. The number of pyridine rings is 1. The molecule has 1 saturated heterocycles. The van der Waals surface area contributed by atoms with Crippen LogP contribution < -0.4 is 15.8 Å². The second-order valence-electron chi connectivity index (χ2n) is 11.5. The molecule has 41 heavy (non-hydrogen) atoms. The number of aryl methyl sites for hydroxylation is 1. The Labute approximate surface area is 243 Å². The number of benzene rings is 1. The largest absolute Gasteiger partial charge is 0.369 e. The first-order valence-electron chi connectivity index (χ1n) is 14.1. The molecule has 3 aliphatic rings. The highest BCUT2D eigenvalue weighted by molar-refractivity contribution is 7.91. The highest BCUT2D eigenvalue weighted by Crippen LogP contribution is 2.46. The van der Waals surface area contributed by atoms with E-state index in [9.17, 15) is 23.3 Å². The Bertz CT molecular complexity index is 1670. The van der Waals surface area contributed by atoms with E-state index in [4.69, 9.17) is 4.98 Å². The molecule has 0 radical (unpaired) electrons. The highest BCUT2D eigenvalue weighted by atomic mass is 32.2. The van der Waals surface area contributed by atoms with Crippen LogP contribution >= 0.6 is 11.3 Å². The molecule has 9 nitrogen and oxygen atoms in total. The number of aromatic nitrogens is 2. The van der Waals surface area contributed by atoms with E-state index in [0.717, 1.165) is 58.1 Å². The third kappa shape index (κ3) is 5.68. The monoisotopic (exact) mass is 591 g/mol. The molecule has 0 spiro atoms. The number of nitrogens with zero attached hydrogens (tertiary/aromatic N) is 4. The van der Waals surface area contributed by atoms with Gasteiger partial charge in [0, 0.05) is 55.5 Å². The van der Waals surface area contributed by atoms with Gasteiger partial charge in [-0.1, -0.05) is 25.0 Å². The minimum Gasteiger partial charge on any atom is -0.369 e. The molecule has 1 aliphatic heterocycles. The van der Waals surface area contributed by atoms with Gasteiger partial charge in [0.1, 0.15) is 10.5 Å². The molecule has 2 saturated carbocycles. The van der Waals surface area contributed by atoms with Gasteiger partial charge in [0.25, 0.3) is 0 Å². The maximum Gasteiger partial charge on any atom is 0.250 e. The fraction of sp³-hybridized carbons (Fsp3) is 0.467. The molecular formula is C30H33N5O4S2. The fourth-order valence-electron chi connectivity index (χ4n) is 5.92. The van der Waals surface area contributed by atoms with Crippen LogP contribution in [-0.2, 0) is 21.7 Å². The average Bonchev–Trinajstić information content (AvgIpc) is 3.61. The van der Waals surface area contributed by atoms with Crippen LogP contribution in [-0.4, -0.2) is 54.0 Å². The van der Waals surface area contributed by atoms with Crippen LogP contribution in [0.4, 0.5) is 5.69 Å². The van der Waals surface area contributed by atoms with E-state index in [-0.39, 0.29) is 34.8 Å². The second-order valence-corrected chi connectivity index (χ2v) is 14.8. The van der Waals surface area contributed by atoms with Gasteiger partial charge in [0.2, 0.25) is 11.5 Å². The lowest BCUT2D eigenvalue weighted by atomic mass is 9.76. The van der Waals surface area contributed by atoms with Gasteiger partial charge in [-0.05, 0) is 49.4 Å². The van der Waals surface area contributed by atoms with Crippen molar-refractivity contribution in [2.75, 3.05) is 29.5 Å². The van der Waals surface area contributed by atoms with Gasteiger partial charge in [-0.2, -0.15) is 5.26 Å². The molecule has 3 fully saturated rings. The molecule has 6 rings (SSSR count). The summed E-state index contributed by atoms with van der Waals surface area (Å²) in [5.41, 5.74) is 2.89. The van der Waals surface area contributed by atoms with E-state index in [0.29, 0.717) is 25.9 Å². The number of hydrogen-bond donors (Lipinski definition) is 1. The van der Waals surface area contributed by atoms with Crippen molar-refractivity contribution in [2.45, 2.75) is 50.0 Å². The Kier molecular flexibility index (Phi) is 7.24. The number of sulfone groups is 1. The molecule has 2 aliphatic carbocycles. The minimum absolute atomic E-state index is 0.0632. The van der Waals surface area contributed by atoms with Gasteiger partial charge in [0.05, 0.1) is 28.1 Å². The van der Waals surface area contributed by atoms with E-state index >= 15 is 0 Å². The predicted molar refractivity (Wildman–Crippen MR) is 160 cm³/mol. The summed E-state index contributed by atoms with van der Waals surface area (Å²) in [6.45, 7) is 0.959. The molecule has 3 heterocycles. The zero-order chi connectivity index (χ0) is 28.8. The molecular weight excluding hydrogens is 558 g/mol. The van der Waals surface area contributed by atoms with Crippen molar-refractivity contribution in [2.24, 2.45) is 13.0 Å². The summed E-state index contributed by atoms with van der Waals surface area (Å²) in [6, 6.07) is 13.8. The molecule has 1 N–H and O–H groups in total. The van der Waals surface area contributed by atoms with Crippen molar-refractivity contribution in [3.8, 4) is 27.1 Å². The quantitative estimate of drug-likeness (QED) is 0.462. The molecule has 2 aromatic heterocycles. The summed E-state index contributed by atoms with van der Waals surface area (Å²) in [7, 11) is -1.25. The zero-order valence-electron chi connectivity index (χ0n) is 23.0. The topological polar surface area (TPSA) is 125 Å². The number of thiazole rings is 1. The number of nitrogens with one attached hydrogen (secondary N) is 1. The summed E-state index contributed by atoms with van der Waals surface area (Å²) in [5, 5.41) is 13.4. The van der Waals surface area contributed by atoms with Gasteiger partial charge >= 0.3 is 0 Å². The molecule has 11 heteroatoms. The van der Waals surface area contributed by atoms with E-state index < -0.39 is 15.4 Å². The van der Waals surface area contributed by atoms with Crippen LogP contribution in [0.5, 0.6) is 0 Å². The number of rotatable bonds is 6. The maximum absolute atomic E-state index is 13.5. The highest BCUT2D eigenvalue weighted by Gasteiger charge is 2.47. The van der Waals surface area contributed by atoms with Gasteiger partial charge in [-0.15, -0.1) is 11.3 Å². The summed E-state index contributed by atoms with van der Waals surface area (Å²) < 4.78 is 25.3. The lowest BCUT2D eigenvalue weighted by molar-refractivity contribution is -0.127. The lowest BCUT2D eigenvalue weighted by Crippen LogP contribution is -2.42. The zero-order valence-corrected chi connectivity index (χ0v) is 24.6. The van der Waals surface area contributed by atoms with Crippen molar-refractivity contribution in [3.63, 3.8) is 0 Å². The first kappa shape index (κ1) is 27.7. The Hall–Kier alpha value is -3.49. The smallest absolute Gasteiger partial charge is 0.250 e. The van der Waals surface area contributed by atoms with Gasteiger partial charge in [-0.25, -0.2) is 13.4 Å². The number of carbonyl (C=O) groups excluding carboxylic acids is 1. The number of nitriles is 1. The Morgan fingerprint density at radius 2 is 1.76 bits per heavy atom. The second kappa shape index (κ2) is 10.7. The molecule has 2 unspecified atom stereocenters. The fourth-order valence-corrected chi connectivity index (χ4v) is 8.25. The normalized spacial score (nSPS) is 23.0. The van der Waals surface area contributed by atoms with E-state index in [2.05, 4.69) is 16.3 Å². The Morgan fingerprint density at radius 3 is 2.41 bits per heavy atom. The van der Waals surface area contributed by atoms with Crippen molar-refractivity contribution in [3.05, 3.63) is 58.6 Å². The number of hydrogen-bond acceptors (Lipinski definition) is 8. The van der Waals surface area contributed by atoms with Crippen LogP contribution in [0.25, 0.3) is 21.0 Å². The van der Waals surface area contributed by atoms with Gasteiger partial charge < -0.3 is 14.8 Å². The van der Waals surface area contributed by atoms with E-state index in [1.54, 1.807) is 30.6 Å². The Morgan fingerprint density at radius 1 is 1.07 bits per heavy atom. The molecule has 1 amide bonds. The van der Waals surface area contributed by atoms with Crippen molar-refractivity contribution in [1.82, 2.24) is 14.9 Å². The third-order valence-corrected chi connectivity index (χ3v) is 11.4. The van der Waals surface area contributed by atoms with Crippen LogP contribution in [0.15, 0.2) is 47.4 Å². The average molecular weight is 592 g/mol. The van der Waals surface area contributed by atoms with Crippen molar-refractivity contribution in [1.29, 1.82) is 5.26 Å². The SMILES string of the molecule is Cn1cc(-c2nc(C3CCCCC3C(=O)NC3(C#N)CC3)c(-c3ccc(N4CCS(=O)(=O)CC4)cc3)s2)ccc1=O. The minimum atomic E-state index is -2.96. The number of carbonyl (C=O) groups is 1. The van der Waals surface area contributed by atoms with Gasteiger partial charge in [0.15, 0.2) is 9.84 Å². The molecule has 3 aromatic rings. The number of amides is 1. The number of anilines is 1. The van der Waals surface area contributed by atoms with Crippen LogP contribution in [0.1, 0.15) is 50.1 Å². The van der Waals surface area contributed by atoms with Crippen LogP contribution in [0, 0.1) is 17.2 Å². The summed E-state index contributed by atoms with van der Waals surface area (Å²) in [4.78, 5) is 33.8. The first-order valence-corrected chi connectivity index (χ1v) is 16.8. The third-order valence-electron chi connectivity index (χ3n) is 8.61. The molecule has 0 bridgehead atoms. The standard InChI is InChI=1S/C30H33N5O4S2/c1-34-18-21(8-11-25(34)36)29-32-26(23-4-2-3-5-24(23)28(37)33-30(19-31)12-13-30)27(40-29)20-6-9-22(10-7-20)35-14-16-41(38,39)17-15-35/h6-11,18,23-24H,2-5,12-17H2,1H3,(H,33,37). The summed E-state index contributed by atoms with van der Waals surface area (Å²) in [5.74, 6) is -0.0911. The first-order chi connectivity index (χ1) is 19.7. The maximum atomic E-state index is 13.5. The molecule has 2 atom stereocenters. The molecule has 1 aromatic carbocycles. The van der Waals surface area contributed by atoms with Crippen LogP contribution in [0.3, 0.4) is 0 Å². The van der Waals surface area contributed by atoms with Crippen LogP contribution in [0.2, 0.25) is 0 Å². The summed E-state index contributed by atoms with van der Waals surface area (Å²) in [6.07, 6.45) is 6.73. The van der Waals surface area contributed by atoms with Crippen molar-refractivity contribution >= 4 is 32.8 Å². The Balaban J connectivity index is 1.36. The van der Waals surface area contributed by atoms with Crippen molar-refractivity contribution < 1.29 is 13.2 Å². The lowest BCUT2D eigenvalue weighted by Gasteiger charge is -2.31. The van der Waals surface area contributed by atoms with E-state index in [1.807, 2.05) is 24.3 Å². The van der Waals surface area contributed by atoms with E-state index in [1.165, 1.54) is 10.6 Å². The van der Waals surface area contributed by atoms with Gasteiger partial charge in [-0.3, -0.25) is 9.59 Å². The summed E-state index contributed by atoms with van der Waals surface area (Å²) >= 11 is 1.56. The predicted octanol–water partition coefficient (Wildman–Crippen LogP) is 3.86.